The number of hydrogen-bond acceptors (Lipinski definition) is 4. The second kappa shape index (κ2) is 3.37. The number of rotatable bonds is 1. The maximum absolute atomic E-state index is 13.0. The fourth-order valence-electron chi connectivity index (χ4n) is 1.42. The summed E-state index contributed by atoms with van der Waals surface area (Å²) in [6.07, 6.45) is 3.04. The van der Waals surface area contributed by atoms with Gasteiger partial charge < -0.3 is 4.42 Å². The van der Waals surface area contributed by atoms with Crippen molar-refractivity contribution in [2.45, 2.75) is 0 Å². The zero-order valence-corrected chi connectivity index (χ0v) is 8.09. The Morgan fingerprint density at radius 2 is 2.00 bits per heavy atom. The summed E-state index contributed by atoms with van der Waals surface area (Å²) in [7, 11) is 0. The standard InChI is InChI=1S/C11H6FN3O/c12-8-3-1-2-7(6-8)10-15-9-11(16-10)14-5-4-13-9/h1-6H. The van der Waals surface area contributed by atoms with E-state index in [1.54, 1.807) is 12.1 Å². The Bertz CT molecular complexity index is 617. The average Bonchev–Trinajstić information content (AvgIpc) is 2.72. The molecule has 3 rings (SSSR count). The zero-order chi connectivity index (χ0) is 11.0. The summed E-state index contributed by atoms with van der Waals surface area (Å²) in [5.41, 5.74) is 1.34. The van der Waals surface area contributed by atoms with Crippen LogP contribution in [0, 0.1) is 5.82 Å². The highest BCUT2D eigenvalue weighted by Gasteiger charge is 2.09. The third-order valence-electron chi connectivity index (χ3n) is 2.12. The van der Waals surface area contributed by atoms with E-state index in [2.05, 4.69) is 15.0 Å². The number of benzene rings is 1. The smallest absolute Gasteiger partial charge is 0.266 e. The van der Waals surface area contributed by atoms with E-state index in [0.29, 0.717) is 22.8 Å². The average molecular weight is 215 g/mol. The molecule has 78 valence electrons. The predicted octanol–water partition coefficient (Wildman–Crippen LogP) is 2.42. The van der Waals surface area contributed by atoms with Crippen LogP contribution in [0.2, 0.25) is 0 Å². The van der Waals surface area contributed by atoms with Crippen LogP contribution >= 0.6 is 0 Å². The zero-order valence-electron chi connectivity index (χ0n) is 8.09. The summed E-state index contributed by atoms with van der Waals surface area (Å²) in [5.74, 6) is -0.0126. The van der Waals surface area contributed by atoms with Gasteiger partial charge in [0.25, 0.3) is 5.71 Å². The number of aromatic nitrogens is 3. The lowest BCUT2D eigenvalue weighted by molar-refractivity contribution is 0.602. The molecule has 2 heterocycles. The van der Waals surface area contributed by atoms with E-state index in [-0.39, 0.29) is 5.82 Å². The van der Waals surface area contributed by atoms with Gasteiger partial charge in [-0.25, -0.2) is 14.4 Å². The first-order valence-electron chi connectivity index (χ1n) is 4.66. The van der Waals surface area contributed by atoms with Crippen molar-refractivity contribution in [3.05, 3.63) is 42.5 Å². The van der Waals surface area contributed by atoms with Crippen LogP contribution in [-0.4, -0.2) is 15.0 Å². The van der Waals surface area contributed by atoms with E-state index >= 15 is 0 Å². The van der Waals surface area contributed by atoms with Gasteiger partial charge in [-0.05, 0) is 18.2 Å². The molecule has 0 saturated carbocycles. The van der Waals surface area contributed by atoms with E-state index in [1.165, 1.54) is 24.5 Å². The molecule has 1 aromatic carbocycles. The van der Waals surface area contributed by atoms with Gasteiger partial charge in [0.2, 0.25) is 11.5 Å². The lowest BCUT2D eigenvalue weighted by Crippen LogP contribution is -1.79. The third kappa shape index (κ3) is 1.42. The van der Waals surface area contributed by atoms with Crippen molar-refractivity contribution in [1.82, 2.24) is 15.0 Å². The van der Waals surface area contributed by atoms with E-state index < -0.39 is 0 Å². The number of halogens is 1. The summed E-state index contributed by atoms with van der Waals surface area (Å²) in [5, 5.41) is 0. The van der Waals surface area contributed by atoms with Gasteiger partial charge in [-0.2, -0.15) is 4.98 Å². The Morgan fingerprint density at radius 1 is 1.12 bits per heavy atom. The molecule has 0 aliphatic carbocycles. The van der Waals surface area contributed by atoms with E-state index in [1.807, 2.05) is 0 Å². The van der Waals surface area contributed by atoms with Crippen molar-refractivity contribution in [3.8, 4) is 11.5 Å². The molecule has 0 bridgehead atoms. The molecular weight excluding hydrogens is 209 g/mol. The van der Waals surface area contributed by atoms with Crippen LogP contribution in [0.25, 0.3) is 22.8 Å². The van der Waals surface area contributed by atoms with Gasteiger partial charge >= 0.3 is 0 Å². The highest BCUT2D eigenvalue weighted by Crippen LogP contribution is 2.21. The molecule has 0 saturated heterocycles. The first-order valence-corrected chi connectivity index (χ1v) is 4.66. The lowest BCUT2D eigenvalue weighted by Gasteiger charge is -1.93. The highest BCUT2D eigenvalue weighted by atomic mass is 19.1. The Kier molecular flexibility index (Phi) is 1.89. The summed E-state index contributed by atoms with van der Waals surface area (Å²) in [4.78, 5) is 12.1. The topological polar surface area (TPSA) is 51.8 Å². The molecule has 0 atom stereocenters. The fourth-order valence-corrected chi connectivity index (χ4v) is 1.42. The molecule has 0 aliphatic heterocycles. The molecule has 0 fully saturated rings. The molecule has 4 nitrogen and oxygen atoms in total. The minimum Gasteiger partial charge on any atom is -0.416 e. The SMILES string of the molecule is Fc1cccc(-c2nc3nccnc3o2)c1. The summed E-state index contributed by atoms with van der Waals surface area (Å²) in [6.45, 7) is 0. The summed E-state index contributed by atoms with van der Waals surface area (Å²) in [6, 6.07) is 6.03. The minimum atomic E-state index is -0.333. The third-order valence-corrected chi connectivity index (χ3v) is 2.12. The maximum Gasteiger partial charge on any atom is 0.266 e. The van der Waals surface area contributed by atoms with Gasteiger partial charge in [0.1, 0.15) is 5.82 Å². The quantitative estimate of drug-likeness (QED) is 0.625. The van der Waals surface area contributed by atoms with Crippen molar-refractivity contribution >= 4 is 11.4 Å². The molecule has 0 radical (unpaired) electrons. The summed E-state index contributed by atoms with van der Waals surface area (Å²) < 4.78 is 18.4. The second-order valence-electron chi connectivity index (χ2n) is 3.21. The number of fused-ring (bicyclic) bond motifs is 1. The molecule has 0 amide bonds. The maximum atomic E-state index is 13.0. The largest absolute Gasteiger partial charge is 0.416 e. The number of hydrogen-bond donors (Lipinski definition) is 0. The Labute approximate surface area is 89.8 Å². The van der Waals surface area contributed by atoms with Gasteiger partial charge in [-0.1, -0.05) is 6.07 Å². The van der Waals surface area contributed by atoms with Crippen LogP contribution in [0.1, 0.15) is 0 Å². The van der Waals surface area contributed by atoms with Crippen LogP contribution in [-0.2, 0) is 0 Å². The Morgan fingerprint density at radius 3 is 2.81 bits per heavy atom. The van der Waals surface area contributed by atoms with Gasteiger partial charge in [0.15, 0.2) is 0 Å². The van der Waals surface area contributed by atoms with Crippen molar-refractivity contribution in [2.75, 3.05) is 0 Å². The van der Waals surface area contributed by atoms with Crippen molar-refractivity contribution in [3.63, 3.8) is 0 Å². The van der Waals surface area contributed by atoms with Crippen molar-refractivity contribution < 1.29 is 8.81 Å². The molecule has 2 aromatic heterocycles. The normalized spacial score (nSPS) is 10.8. The van der Waals surface area contributed by atoms with Crippen LogP contribution < -0.4 is 0 Å². The molecular formula is C11H6FN3O. The minimum absolute atomic E-state index is 0.320. The molecule has 5 heteroatoms. The molecule has 16 heavy (non-hydrogen) atoms. The Balaban J connectivity index is 2.19. The highest BCUT2D eigenvalue weighted by molar-refractivity contribution is 5.67. The van der Waals surface area contributed by atoms with Gasteiger partial charge in [-0.3, -0.25) is 0 Å². The number of nitrogens with zero attached hydrogens (tertiary/aromatic N) is 3. The van der Waals surface area contributed by atoms with E-state index in [0.717, 1.165) is 0 Å². The molecule has 0 N–H and O–H groups in total. The summed E-state index contributed by atoms with van der Waals surface area (Å²) >= 11 is 0. The molecule has 0 unspecified atom stereocenters. The first kappa shape index (κ1) is 8.96. The fraction of sp³-hybridized carbons (Fsp3) is 0. The van der Waals surface area contributed by atoms with E-state index in [4.69, 9.17) is 4.42 Å². The lowest BCUT2D eigenvalue weighted by atomic mass is 10.2. The van der Waals surface area contributed by atoms with Gasteiger partial charge in [0.05, 0.1) is 0 Å². The van der Waals surface area contributed by atoms with Gasteiger partial charge in [-0.15, -0.1) is 0 Å². The molecule has 3 aromatic rings. The van der Waals surface area contributed by atoms with Crippen molar-refractivity contribution in [2.24, 2.45) is 0 Å². The first-order chi connectivity index (χ1) is 7.83. The van der Waals surface area contributed by atoms with Crippen LogP contribution in [0.15, 0.2) is 41.1 Å². The van der Waals surface area contributed by atoms with Crippen LogP contribution in [0.3, 0.4) is 0 Å². The van der Waals surface area contributed by atoms with Crippen molar-refractivity contribution in [1.29, 1.82) is 0 Å². The Hall–Kier alpha value is -2.30. The molecule has 0 aliphatic rings. The van der Waals surface area contributed by atoms with Crippen LogP contribution in [0.5, 0.6) is 0 Å². The molecule has 0 spiro atoms. The van der Waals surface area contributed by atoms with Crippen LogP contribution in [0.4, 0.5) is 4.39 Å². The number of oxazole rings is 1. The van der Waals surface area contributed by atoms with E-state index in [9.17, 15) is 4.39 Å². The second-order valence-corrected chi connectivity index (χ2v) is 3.21. The monoisotopic (exact) mass is 215 g/mol. The predicted molar refractivity (Wildman–Crippen MR) is 55.0 cm³/mol. The van der Waals surface area contributed by atoms with Gasteiger partial charge in [0, 0.05) is 18.0 Å².